The minimum absolute atomic E-state index is 0.143. The summed E-state index contributed by atoms with van der Waals surface area (Å²) in [6, 6.07) is 6.04. The third-order valence-corrected chi connectivity index (χ3v) is 4.68. The lowest BCUT2D eigenvalue weighted by atomic mass is 10.0. The molecule has 0 bridgehead atoms. The second-order valence-corrected chi connectivity index (χ2v) is 6.19. The zero-order chi connectivity index (χ0) is 15.5. The van der Waals surface area contributed by atoms with Gasteiger partial charge in [0.2, 0.25) is 5.91 Å². The molecular weight excluding hydrogens is 278 g/mol. The lowest BCUT2D eigenvalue weighted by Crippen LogP contribution is -2.40. The Morgan fingerprint density at radius 2 is 1.68 bits per heavy atom. The first-order valence-electron chi connectivity index (χ1n) is 8.06. The molecule has 118 valence electrons. The number of fused-ring (bicyclic) bond motifs is 1. The monoisotopic (exact) mass is 301 g/mol. The van der Waals surface area contributed by atoms with E-state index in [0.29, 0.717) is 32.6 Å². The standard InChI is InChI=1S/C17H23N3O2/c18-17(22)20-8-2-7-19(9-10-20)16(21)12-13-5-6-14-3-1-4-15(14)11-13/h5-6,11H,1-4,7-10,12H2,(H2,18,22). The van der Waals surface area contributed by atoms with Crippen LogP contribution in [0, 0.1) is 0 Å². The number of carbonyl (C=O) groups excluding carboxylic acids is 2. The Hall–Kier alpha value is -2.04. The van der Waals surface area contributed by atoms with Crippen molar-refractivity contribution >= 4 is 11.9 Å². The number of amides is 3. The smallest absolute Gasteiger partial charge is 0.314 e. The number of hydrogen-bond acceptors (Lipinski definition) is 2. The zero-order valence-corrected chi connectivity index (χ0v) is 12.9. The molecule has 1 aliphatic carbocycles. The number of nitrogens with two attached hydrogens (primary N) is 1. The number of urea groups is 1. The number of rotatable bonds is 2. The van der Waals surface area contributed by atoms with Gasteiger partial charge in [0.15, 0.2) is 0 Å². The summed E-state index contributed by atoms with van der Waals surface area (Å²) >= 11 is 0. The predicted octanol–water partition coefficient (Wildman–Crippen LogP) is 1.33. The van der Waals surface area contributed by atoms with Crippen LogP contribution >= 0.6 is 0 Å². The molecule has 0 atom stereocenters. The molecule has 2 N–H and O–H groups in total. The molecule has 3 rings (SSSR count). The minimum atomic E-state index is -0.395. The van der Waals surface area contributed by atoms with Crippen molar-refractivity contribution in [2.75, 3.05) is 26.2 Å². The Morgan fingerprint density at radius 1 is 0.955 bits per heavy atom. The average molecular weight is 301 g/mol. The molecule has 1 heterocycles. The van der Waals surface area contributed by atoms with Crippen LogP contribution in [0.1, 0.15) is 29.5 Å². The highest BCUT2D eigenvalue weighted by atomic mass is 16.2. The van der Waals surface area contributed by atoms with Crippen molar-refractivity contribution < 1.29 is 9.59 Å². The highest BCUT2D eigenvalue weighted by Crippen LogP contribution is 2.23. The highest BCUT2D eigenvalue weighted by Gasteiger charge is 2.21. The van der Waals surface area contributed by atoms with Crippen LogP contribution in [0.15, 0.2) is 18.2 Å². The van der Waals surface area contributed by atoms with E-state index in [1.54, 1.807) is 4.90 Å². The fourth-order valence-corrected chi connectivity index (χ4v) is 3.41. The quantitative estimate of drug-likeness (QED) is 0.895. The van der Waals surface area contributed by atoms with Gasteiger partial charge in [0.05, 0.1) is 6.42 Å². The van der Waals surface area contributed by atoms with E-state index < -0.39 is 6.03 Å². The van der Waals surface area contributed by atoms with Crippen molar-refractivity contribution in [3.05, 3.63) is 34.9 Å². The first-order valence-corrected chi connectivity index (χ1v) is 8.06. The molecule has 3 amide bonds. The maximum Gasteiger partial charge on any atom is 0.314 e. The zero-order valence-electron chi connectivity index (χ0n) is 12.9. The summed E-state index contributed by atoms with van der Waals surface area (Å²) in [5.41, 5.74) is 9.25. The normalized spacial score (nSPS) is 18.0. The molecule has 1 saturated heterocycles. The molecule has 0 aromatic heterocycles. The summed E-state index contributed by atoms with van der Waals surface area (Å²) in [6.07, 6.45) is 4.76. The van der Waals surface area contributed by atoms with Gasteiger partial charge in [-0.25, -0.2) is 4.79 Å². The molecular formula is C17H23N3O2. The molecule has 0 radical (unpaired) electrons. The first kappa shape index (κ1) is 14.9. The van der Waals surface area contributed by atoms with Gasteiger partial charge in [0, 0.05) is 26.2 Å². The summed E-state index contributed by atoms with van der Waals surface area (Å²) in [5.74, 6) is 0.143. The molecule has 1 aromatic rings. The third kappa shape index (κ3) is 3.24. The molecule has 0 saturated carbocycles. The van der Waals surface area contributed by atoms with Gasteiger partial charge < -0.3 is 15.5 Å². The van der Waals surface area contributed by atoms with Crippen molar-refractivity contribution in [3.8, 4) is 0 Å². The maximum absolute atomic E-state index is 12.5. The molecule has 0 spiro atoms. The van der Waals surface area contributed by atoms with Crippen LogP contribution in [0.5, 0.6) is 0 Å². The number of benzene rings is 1. The first-order chi connectivity index (χ1) is 10.6. The number of hydrogen-bond donors (Lipinski definition) is 1. The van der Waals surface area contributed by atoms with E-state index in [4.69, 9.17) is 5.73 Å². The second kappa shape index (κ2) is 6.38. The molecule has 1 aliphatic heterocycles. The van der Waals surface area contributed by atoms with Crippen LogP contribution < -0.4 is 5.73 Å². The van der Waals surface area contributed by atoms with Crippen LogP contribution in [-0.2, 0) is 24.1 Å². The van der Waals surface area contributed by atoms with Crippen LogP contribution in [-0.4, -0.2) is 47.9 Å². The summed E-state index contributed by atoms with van der Waals surface area (Å²) in [6.45, 7) is 2.45. The van der Waals surface area contributed by atoms with Crippen LogP contribution in [0.3, 0.4) is 0 Å². The third-order valence-electron chi connectivity index (χ3n) is 4.68. The van der Waals surface area contributed by atoms with Crippen molar-refractivity contribution in [2.45, 2.75) is 32.1 Å². The molecule has 2 aliphatic rings. The topological polar surface area (TPSA) is 66.6 Å². The number of carbonyl (C=O) groups is 2. The Morgan fingerprint density at radius 3 is 2.50 bits per heavy atom. The van der Waals surface area contributed by atoms with Crippen LogP contribution in [0.25, 0.3) is 0 Å². The number of primary amides is 1. The largest absolute Gasteiger partial charge is 0.351 e. The maximum atomic E-state index is 12.5. The van der Waals surface area contributed by atoms with Gasteiger partial charge in [-0.15, -0.1) is 0 Å². The summed E-state index contributed by atoms with van der Waals surface area (Å²) in [4.78, 5) is 27.2. The van der Waals surface area contributed by atoms with Crippen LogP contribution in [0.4, 0.5) is 4.79 Å². The predicted molar refractivity (Wildman–Crippen MR) is 84.5 cm³/mol. The second-order valence-electron chi connectivity index (χ2n) is 6.19. The van der Waals surface area contributed by atoms with E-state index in [1.165, 1.54) is 24.0 Å². The molecule has 22 heavy (non-hydrogen) atoms. The van der Waals surface area contributed by atoms with Crippen LogP contribution in [0.2, 0.25) is 0 Å². The van der Waals surface area contributed by atoms with E-state index in [-0.39, 0.29) is 5.91 Å². The average Bonchev–Trinajstić information content (AvgIpc) is 2.80. The van der Waals surface area contributed by atoms with Gasteiger partial charge in [0.1, 0.15) is 0 Å². The lowest BCUT2D eigenvalue weighted by Gasteiger charge is -2.21. The Labute approximate surface area is 131 Å². The molecule has 0 unspecified atom stereocenters. The Kier molecular flexibility index (Phi) is 4.32. The van der Waals surface area contributed by atoms with E-state index in [9.17, 15) is 9.59 Å². The fourth-order valence-electron chi connectivity index (χ4n) is 3.41. The molecule has 1 aromatic carbocycles. The summed E-state index contributed by atoms with van der Waals surface area (Å²) < 4.78 is 0. The highest BCUT2D eigenvalue weighted by molar-refractivity contribution is 5.79. The van der Waals surface area contributed by atoms with Gasteiger partial charge >= 0.3 is 6.03 Å². The van der Waals surface area contributed by atoms with Crippen molar-refractivity contribution in [3.63, 3.8) is 0 Å². The molecule has 5 nitrogen and oxygen atoms in total. The van der Waals surface area contributed by atoms with Crippen molar-refractivity contribution in [1.82, 2.24) is 9.80 Å². The Bertz CT molecular complexity index is 585. The number of nitrogens with zero attached hydrogens (tertiary/aromatic N) is 2. The molecule has 5 heteroatoms. The summed E-state index contributed by atoms with van der Waals surface area (Å²) in [7, 11) is 0. The fraction of sp³-hybridized carbons (Fsp3) is 0.529. The van der Waals surface area contributed by atoms with Crippen molar-refractivity contribution in [2.24, 2.45) is 5.73 Å². The molecule has 1 fully saturated rings. The summed E-state index contributed by atoms with van der Waals surface area (Å²) in [5, 5.41) is 0. The Balaban J connectivity index is 1.61. The number of aryl methyl sites for hydroxylation is 2. The van der Waals surface area contributed by atoms with E-state index in [1.807, 2.05) is 4.90 Å². The van der Waals surface area contributed by atoms with E-state index >= 15 is 0 Å². The van der Waals surface area contributed by atoms with E-state index in [0.717, 1.165) is 18.4 Å². The minimum Gasteiger partial charge on any atom is -0.351 e. The lowest BCUT2D eigenvalue weighted by molar-refractivity contribution is -0.130. The SMILES string of the molecule is NC(=O)N1CCCN(C(=O)Cc2ccc3c(c2)CCC3)CC1. The van der Waals surface area contributed by atoms with E-state index in [2.05, 4.69) is 18.2 Å². The van der Waals surface area contributed by atoms with Gasteiger partial charge in [-0.3, -0.25) is 4.79 Å². The van der Waals surface area contributed by atoms with Gasteiger partial charge in [-0.2, -0.15) is 0 Å². The van der Waals surface area contributed by atoms with Gasteiger partial charge in [-0.05, 0) is 42.4 Å². The van der Waals surface area contributed by atoms with Gasteiger partial charge in [-0.1, -0.05) is 18.2 Å². The van der Waals surface area contributed by atoms with Crippen molar-refractivity contribution in [1.29, 1.82) is 0 Å². The van der Waals surface area contributed by atoms with Gasteiger partial charge in [0.25, 0.3) is 0 Å².